The fourth-order valence-corrected chi connectivity index (χ4v) is 7.72. The van der Waals surface area contributed by atoms with Crippen LogP contribution in [0.4, 0.5) is 0 Å². The molecule has 0 aromatic carbocycles. The highest BCUT2D eigenvalue weighted by atomic mass is 16.5. The van der Waals surface area contributed by atoms with Gasteiger partial charge >= 0.3 is 11.9 Å². The van der Waals surface area contributed by atoms with Crippen LogP contribution in [0, 0.1) is 34.5 Å². The average Bonchev–Trinajstić information content (AvgIpc) is 2.98. The Morgan fingerprint density at radius 3 is 2.45 bits per heavy atom. The Bertz CT molecular complexity index is 843. The maximum atomic E-state index is 13.2. The molecule has 0 bridgehead atoms. The van der Waals surface area contributed by atoms with Gasteiger partial charge in [0.2, 0.25) is 0 Å². The number of Topliss-reactive ketones (excluding diaryl/α,β-unsaturated/α-hetero) is 1. The van der Waals surface area contributed by atoms with Crippen molar-refractivity contribution in [2.45, 2.75) is 78.7 Å². The second kappa shape index (κ2) is 7.86. The summed E-state index contributed by atoms with van der Waals surface area (Å²) in [6.07, 6.45) is 7.46. The minimum absolute atomic E-state index is 0.0505. The smallest absolute Gasteiger partial charge is 0.303 e. The van der Waals surface area contributed by atoms with E-state index in [0.29, 0.717) is 24.7 Å². The Kier molecular flexibility index (Phi) is 5.63. The molecule has 3 fully saturated rings. The summed E-state index contributed by atoms with van der Waals surface area (Å²) in [7, 11) is 0. The minimum Gasteiger partial charge on any atom is -0.462 e. The molecular weight excluding hydrogens is 396 g/mol. The van der Waals surface area contributed by atoms with Crippen molar-refractivity contribution in [3.05, 3.63) is 11.6 Å². The van der Waals surface area contributed by atoms with Gasteiger partial charge in [-0.3, -0.25) is 19.2 Å². The predicted molar refractivity (Wildman–Crippen MR) is 113 cm³/mol. The number of carbonyl (C=O) groups excluding carboxylic acids is 4. The summed E-state index contributed by atoms with van der Waals surface area (Å²) in [5, 5.41) is 0. The molecule has 170 valence electrons. The highest BCUT2D eigenvalue weighted by Gasteiger charge is 2.63. The highest BCUT2D eigenvalue weighted by molar-refractivity contribution is 5.91. The minimum atomic E-state index is -0.479. The Morgan fingerprint density at radius 1 is 1.03 bits per heavy atom. The summed E-state index contributed by atoms with van der Waals surface area (Å²) in [6.45, 7) is 6.92. The third-order valence-electron chi connectivity index (χ3n) is 9.05. The molecule has 0 aromatic rings. The molecule has 0 aliphatic heterocycles. The van der Waals surface area contributed by atoms with Crippen LogP contribution >= 0.6 is 0 Å². The van der Waals surface area contributed by atoms with Gasteiger partial charge in [0.25, 0.3) is 0 Å². The van der Waals surface area contributed by atoms with Gasteiger partial charge in [0.15, 0.2) is 11.6 Å². The van der Waals surface area contributed by atoms with E-state index in [1.54, 1.807) is 0 Å². The summed E-state index contributed by atoms with van der Waals surface area (Å²) < 4.78 is 10.7. The molecule has 7 atom stereocenters. The molecular formula is C25H34O6. The lowest BCUT2D eigenvalue weighted by Crippen LogP contribution is -2.51. The molecule has 4 aliphatic rings. The van der Waals surface area contributed by atoms with Crippen molar-refractivity contribution in [2.24, 2.45) is 34.5 Å². The van der Waals surface area contributed by atoms with Crippen LogP contribution in [0.25, 0.3) is 0 Å². The zero-order valence-corrected chi connectivity index (χ0v) is 19.1. The molecule has 0 saturated heterocycles. The average molecular weight is 431 g/mol. The number of fused-ring (bicyclic) bond motifs is 5. The van der Waals surface area contributed by atoms with Gasteiger partial charge in [0, 0.05) is 20.3 Å². The van der Waals surface area contributed by atoms with E-state index in [0.717, 1.165) is 32.1 Å². The normalized spacial score (nSPS) is 41.4. The number of hydrogen-bond donors (Lipinski definition) is 0. The molecule has 0 N–H and O–H groups in total. The number of esters is 2. The van der Waals surface area contributed by atoms with E-state index >= 15 is 0 Å². The second-order valence-corrected chi connectivity index (χ2v) is 10.6. The van der Waals surface area contributed by atoms with E-state index in [1.807, 2.05) is 6.08 Å². The Labute approximate surface area is 184 Å². The van der Waals surface area contributed by atoms with E-state index in [9.17, 15) is 19.2 Å². The van der Waals surface area contributed by atoms with E-state index in [4.69, 9.17) is 9.47 Å². The van der Waals surface area contributed by atoms with E-state index in [-0.39, 0.29) is 40.9 Å². The first kappa shape index (κ1) is 22.2. The number of hydrogen-bond acceptors (Lipinski definition) is 6. The summed E-state index contributed by atoms with van der Waals surface area (Å²) in [5.41, 5.74) is 1.08. The third-order valence-corrected chi connectivity index (χ3v) is 9.05. The van der Waals surface area contributed by atoms with Gasteiger partial charge in [-0.1, -0.05) is 19.4 Å². The zero-order valence-electron chi connectivity index (χ0n) is 19.1. The van der Waals surface area contributed by atoms with Crippen LogP contribution in [0.3, 0.4) is 0 Å². The van der Waals surface area contributed by atoms with Crippen LogP contribution in [-0.2, 0) is 28.7 Å². The van der Waals surface area contributed by atoms with Crippen molar-refractivity contribution in [2.75, 3.05) is 6.61 Å². The second-order valence-electron chi connectivity index (χ2n) is 10.6. The summed E-state index contributed by atoms with van der Waals surface area (Å²) in [5.74, 6) is 0.0112. The van der Waals surface area contributed by atoms with Gasteiger partial charge in [-0.2, -0.15) is 0 Å². The van der Waals surface area contributed by atoms with Gasteiger partial charge in [-0.15, -0.1) is 0 Å². The molecule has 0 aromatic heterocycles. The van der Waals surface area contributed by atoms with Crippen LogP contribution < -0.4 is 0 Å². The first-order valence-corrected chi connectivity index (χ1v) is 11.6. The first-order valence-electron chi connectivity index (χ1n) is 11.6. The lowest BCUT2D eigenvalue weighted by molar-refractivity contribution is -0.157. The fraction of sp³-hybridized carbons (Fsp3) is 0.760. The summed E-state index contributed by atoms with van der Waals surface area (Å²) in [4.78, 5) is 48.3. The standard InChI is InChI=1S/C25H34O6/c1-14(26)30-13-21(29)23-22(31-15(2)27)12-20-18-6-5-16-11-17(28)7-9-24(16,3)19(18)8-10-25(20,23)4/h11,18-20,22-23H,5-10,12-13H2,1-4H3/t18-,19+,20+,22-,23+,24+,25+/m1/s1. The molecule has 4 rings (SSSR count). The third kappa shape index (κ3) is 3.66. The predicted octanol–water partition coefficient (Wildman–Crippen LogP) is 3.81. The molecule has 0 amide bonds. The van der Waals surface area contributed by atoms with Crippen LogP contribution in [0.1, 0.15) is 72.6 Å². The molecule has 0 spiro atoms. The molecule has 0 heterocycles. The Balaban J connectivity index is 1.64. The van der Waals surface area contributed by atoms with Gasteiger partial charge in [0.1, 0.15) is 12.7 Å². The Morgan fingerprint density at radius 2 is 1.77 bits per heavy atom. The number of carbonyl (C=O) groups is 4. The van der Waals surface area contributed by atoms with Crippen molar-refractivity contribution in [3.8, 4) is 0 Å². The number of rotatable bonds is 4. The van der Waals surface area contributed by atoms with Gasteiger partial charge in [-0.25, -0.2) is 0 Å². The van der Waals surface area contributed by atoms with Gasteiger partial charge < -0.3 is 9.47 Å². The lowest BCUT2D eigenvalue weighted by atomic mass is 9.46. The van der Waals surface area contributed by atoms with E-state index in [1.165, 1.54) is 19.4 Å². The molecule has 4 aliphatic carbocycles. The quantitative estimate of drug-likeness (QED) is 0.631. The summed E-state index contributed by atoms with van der Waals surface area (Å²) in [6, 6.07) is 0. The van der Waals surface area contributed by atoms with Crippen LogP contribution in [0.5, 0.6) is 0 Å². The van der Waals surface area contributed by atoms with Crippen LogP contribution in [0.2, 0.25) is 0 Å². The van der Waals surface area contributed by atoms with Crippen LogP contribution in [-0.4, -0.2) is 36.2 Å². The van der Waals surface area contributed by atoms with Crippen molar-refractivity contribution in [1.82, 2.24) is 0 Å². The number of ketones is 2. The maximum absolute atomic E-state index is 13.2. The molecule has 0 radical (unpaired) electrons. The van der Waals surface area contributed by atoms with Gasteiger partial charge in [0.05, 0.1) is 5.92 Å². The van der Waals surface area contributed by atoms with Crippen molar-refractivity contribution in [3.63, 3.8) is 0 Å². The van der Waals surface area contributed by atoms with E-state index < -0.39 is 18.0 Å². The molecule has 6 heteroatoms. The summed E-state index contributed by atoms with van der Waals surface area (Å²) >= 11 is 0. The Hall–Kier alpha value is -1.98. The lowest BCUT2D eigenvalue weighted by Gasteiger charge is -2.57. The highest BCUT2D eigenvalue weighted by Crippen LogP contribution is 2.67. The molecule has 0 unspecified atom stereocenters. The van der Waals surface area contributed by atoms with E-state index in [2.05, 4.69) is 13.8 Å². The zero-order chi connectivity index (χ0) is 22.6. The first-order chi connectivity index (χ1) is 14.6. The molecule has 6 nitrogen and oxygen atoms in total. The monoisotopic (exact) mass is 430 g/mol. The maximum Gasteiger partial charge on any atom is 0.303 e. The fourth-order valence-electron chi connectivity index (χ4n) is 7.72. The van der Waals surface area contributed by atoms with Crippen LogP contribution in [0.15, 0.2) is 11.6 Å². The largest absolute Gasteiger partial charge is 0.462 e. The van der Waals surface area contributed by atoms with Crippen molar-refractivity contribution >= 4 is 23.5 Å². The number of allylic oxidation sites excluding steroid dienone is 1. The SMILES string of the molecule is CC(=O)OCC(=O)[C@H]1[C@H](OC(C)=O)C[C@H]2[C@@H]3CCC4=CC(=O)CC[C@]4(C)[C@H]3CC[C@@]21C. The van der Waals surface area contributed by atoms with Gasteiger partial charge in [-0.05, 0) is 73.2 Å². The van der Waals surface area contributed by atoms with Crippen molar-refractivity contribution in [1.29, 1.82) is 0 Å². The molecule has 3 saturated carbocycles. The number of ether oxygens (including phenoxy) is 2. The van der Waals surface area contributed by atoms with Crippen molar-refractivity contribution < 1.29 is 28.7 Å². The molecule has 31 heavy (non-hydrogen) atoms. The topological polar surface area (TPSA) is 86.7 Å².